The average molecular weight is 355 g/mol. The van der Waals surface area contributed by atoms with Crippen LogP contribution in [0.1, 0.15) is 26.3 Å². The van der Waals surface area contributed by atoms with Crippen molar-refractivity contribution in [2.24, 2.45) is 0 Å². The number of hydrazine groups is 1. The molecule has 1 heterocycles. The van der Waals surface area contributed by atoms with Gasteiger partial charge < -0.3 is 0 Å². The van der Waals surface area contributed by atoms with Gasteiger partial charge in [-0.25, -0.2) is 4.39 Å². The molecule has 1 aliphatic rings. The normalized spacial score (nSPS) is 13.2. The third-order valence-electron chi connectivity index (χ3n) is 3.87. The minimum absolute atomic E-state index is 0.0107. The van der Waals surface area contributed by atoms with E-state index in [1.54, 1.807) is 24.3 Å². The largest absolute Gasteiger partial charge is 0.274 e. The number of imide groups is 1. The lowest BCUT2D eigenvalue weighted by Gasteiger charge is -2.26. The Morgan fingerprint density at radius 3 is 2.46 bits per heavy atom. The van der Waals surface area contributed by atoms with E-state index < -0.39 is 36.0 Å². The summed E-state index contributed by atoms with van der Waals surface area (Å²) < 4.78 is 13.5. The lowest BCUT2D eigenvalue weighted by Crippen LogP contribution is -2.51. The first kappa shape index (κ1) is 17.3. The van der Waals surface area contributed by atoms with Gasteiger partial charge in [0.15, 0.2) is 0 Å². The highest BCUT2D eigenvalue weighted by molar-refractivity contribution is 6.11. The van der Waals surface area contributed by atoms with Crippen molar-refractivity contribution in [1.82, 2.24) is 15.8 Å². The van der Waals surface area contributed by atoms with Crippen molar-refractivity contribution in [3.8, 4) is 0 Å². The van der Waals surface area contributed by atoms with Crippen molar-refractivity contribution in [3.63, 3.8) is 0 Å². The van der Waals surface area contributed by atoms with Crippen molar-refractivity contribution < 1.29 is 23.6 Å². The number of benzene rings is 2. The molecule has 7 nitrogen and oxygen atoms in total. The van der Waals surface area contributed by atoms with Crippen LogP contribution in [0.4, 0.5) is 4.39 Å². The van der Waals surface area contributed by atoms with Gasteiger partial charge in [-0.3, -0.25) is 34.9 Å². The quantitative estimate of drug-likeness (QED) is 0.629. The van der Waals surface area contributed by atoms with Crippen LogP contribution in [0.5, 0.6) is 0 Å². The minimum atomic E-state index is -0.849. The van der Waals surface area contributed by atoms with Crippen LogP contribution in [0.3, 0.4) is 0 Å². The molecule has 2 aromatic rings. The number of nitrogens with one attached hydrogen (secondary N) is 2. The summed E-state index contributed by atoms with van der Waals surface area (Å²) in [5.41, 5.74) is 4.84. The standard InChI is InChI=1S/C18H14FN3O4/c19-14-8-4-3-7-13(14)17(25)21-20-15(23)10-22-16(24)9-11-5-1-2-6-12(11)18(22)26/h1-8H,9-10H2,(H,20,23)(H,21,25). The van der Waals surface area contributed by atoms with E-state index in [0.29, 0.717) is 11.1 Å². The molecule has 0 fully saturated rings. The Morgan fingerprint density at radius 2 is 1.69 bits per heavy atom. The third-order valence-corrected chi connectivity index (χ3v) is 3.87. The van der Waals surface area contributed by atoms with Crippen LogP contribution in [-0.4, -0.2) is 35.1 Å². The highest BCUT2D eigenvalue weighted by Crippen LogP contribution is 2.19. The van der Waals surface area contributed by atoms with Crippen molar-refractivity contribution in [2.45, 2.75) is 6.42 Å². The molecule has 0 spiro atoms. The molecule has 0 radical (unpaired) electrons. The minimum Gasteiger partial charge on any atom is -0.274 e. The molecule has 132 valence electrons. The summed E-state index contributed by atoms with van der Waals surface area (Å²) in [7, 11) is 0. The number of carbonyl (C=O) groups is 4. The summed E-state index contributed by atoms with van der Waals surface area (Å²) >= 11 is 0. The molecule has 0 atom stereocenters. The number of rotatable bonds is 3. The maximum atomic E-state index is 13.5. The molecule has 26 heavy (non-hydrogen) atoms. The fourth-order valence-corrected chi connectivity index (χ4v) is 2.58. The monoisotopic (exact) mass is 355 g/mol. The van der Waals surface area contributed by atoms with E-state index in [1.807, 2.05) is 0 Å². The van der Waals surface area contributed by atoms with Gasteiger partial charge in [0.2, 0.25) is 5.91 Å². The van der Waals surface area contributed by atoms with Gasteiger partial charge >= 0.3 is 0 Å². The fourth-order valence-electron chi connectivity index (χ4n) is 2.58. The zero-order valence-corrected chi connectivity index (χ0v) is 13.5. The Labute approximate surface area is 147 Å². The molecule has 0 bridgehead atoms. The average Bonchev–Trinajstić information content (AvgIpc) is 2.63. The van der Waals surface area contributed by atoms with Crippen LogP contribution in [0.2, 0.25) is 0 Å². The molecular weight excluding hydrogens is 341 g/mol. The van der Waals surface area contributed by atoms with Gasteiger partial charge in [-0.1, -0.05) is 30.3 Å². The third kappa shape index (κ3) is 3.44. The summed E-state index contributed by atoms with van der Waals surface area (Å²) in [6.45, 7) is -0.552. The summed E-state index contributed by atoms with van der Waals surface area (Å²) in [4.78, 5) is 49.1. The van der Waals surface area contributed by atoms with Gasteiger partial charge in [-0.2, -0.15) is 0 Å². The number of nitrogens with zero attached hydrogens (tertiary/aromatic N) is 1. The maximum Gasteiger partial charge on any atom is 0.272 e. The Balaban J connectivity index is 1.62. The molecule has 0 aliphatic carbocycles. The van der Waals surface area contributed by atoms with Gasteiger partial charge in [-0.15, -0.1) is 0 Å². The highest BCUT2D eigenvalue weighted by atomic mass is 19.1. The second-order valence-corrected chi connectivity index (χ2v) is 5.60. The Kier molecular flexibility index (Phi) is 4.74. The fraction of sp³-hybridized carbons (Fsp3) is 0.111. The molecule has 1 aliphatic heterocycles. The predicted molar refractivity (Wildman–Crippen MR) is 88.2 cm³/mol. The summed E-state index contributed by atoms with van der Waals surface area (Å²) in [5, 5.41) is 0. The van der Waals surface area contributed by atoms with Crippen LogP contribution in [-0.2, 0) is 16.0 Å². The van der Waals surface area contributed by atoms with E-state index in [-0.39, 0.29) is 12.0 Å². The van der Waals surface area contributed by atoms with Crippen molar-refractivity contribution in [2.75, 3.05) is 6.54 Å². The topological polar surface area (TPSA) is 95.6 Å². The SMILES string of the molecule is O=C(CN1C(=O)Cc2ccccc2C1=O)NNC(=O)c1ccccc1F. The Bertz CT molecular complexity index is 913. The van der Waals surface area contributed by atoms with Crippen molar-refractivity contribution in [1.29, 1.82) is 0 Å². The summed E-state index contributed by atoms with van der Waals surface area (Å²) in [6.07, 6.45) is 0.0107. The maximum absolute atomic E-state index is 13.5. The van der Waals surface area contributed by atoms with Gasteiger partial charge in [0.1, 0.15) is 12.4 Å². The second-order valence-electron chi connectivity index (χ2n) is 5.60. The molecule has 0 aromatic heterocycles. The number of hydrogen-bond acceptors (Lipinski definition) is 4. The van der Waals surface area contributed by atoms with Crippen LogP contribution in [0.15, 0.2) is 48.5 Å². The number of halogens is 1. The zero-order chi connectivity index (χ0) is 18.7. The van der Waals surface area contributed by atoms with E-state index in [1.165, 1.54) is 18.2 Å². The molecule has 0 saturated heterocycles. The predicted octanol–water partition coefficient (Wildman–Crippen LogP) is 0.812. The lowest BCUT2D eigenvalue weighted by molar-refractivity contribution is -0.133. The zero-order valence-electron chi connectivity index (χ0n) is 13.5. The van der Waals surface area contributed by atoms with E-state index in [0.717, 1.165) is 11.0 Å². The van der Waals surface area contributed by atoms with E-state index >= 15 is 0 Å². The van der Waals surface area contributed by atoms with Crippen molar-refractivity contribution >= 4 is 23.6 Å². The Morgan fingerprint density at radius 1 is 1.00 bits per heavy atom. The number of hydrogen-bond donors (Lipinski definition) is 2. The van der Waals surface area contributed by atoms with Crippen LogP contribution in [0, 0.1) is 5.82 Å². The summed E-state index contributed by atoms with van der Waals surface area (Å²) in [5.74, 6) is -3.46. The number of fused-ring (bicyclic) bond motifs is 1. The molecule has 0 unspecified atom stereocenters. The number of carbonyl (C=O) groups excluding carboxylic acids is 4. The van der Waals surface area contributed by atoms with E-state index in [4.69, 9.17) is 0 Å². The molecule has 0 saturated carbocycles. The Hall–Kier alpha value is -3.55. The lowest BCUT2D eigenvalue weighted by atomic mass is 9.98. The van der Waals surface area contributed by atoms with Crippen LogP contribution >= 0.6 is 0 Å². The van der Waals surface area contributed by atoms with Crippen LogP contribution < -0.4 is 10.9 Å². The van der Waals surface area contributed by atoms with Crippen LogP contribution in [0.25, 0.3) is 0 Å². The van der Waals surface area contributed by atoms with Gasteiger partial charge in [0.05, 0.1) is 12.0 Å². The van der Waals surface area contributed by atoms with E-state index in [2.05, 4.69) is 10.9 Å². The molecule has 2 aromatic carbocycles. The van der Waals surface area contributed by atoms with Crippen molar-refractivity contribution in [3.05, 3.63) is 71.0 Å². The molecule has 3 rings (SSSR count). The summed E-state index contributed by atoms with van der Waals surface area (Å²) in [6, 6.07) is 11.9. The first-order valence-electron chi connectivity index (χ1n) is 7.73. The smallest absolute Gasteiger partial charge is 0.272 e. The second kappa shape index (κ2) is 7.14. The van der Waals surface area contributed by atoms with E-state index in [9.17, 15) is 23.6 Å². The van der Waals surface area contributed by atoms with Gasteiger partial charge in [-0.05, 0) is 23.8 Å². The van der Waals surface area contributed by atoms with Gasteiger partial charge in [0, 0.05) is 5.56 Å². The van der Waals surface area contributed by atoms with Gasteiger partial charge in [0.25, 0.3) is 17.7 Å². The first-order valence-corrected chi connectivity index (χ1v) is 7.73. The molecule has 8 heteroatoms. The molecule has 4 amide bonds. The highest BCUT2D eigenvalue weighted by Gasteiger charge is 2.32. The number of amides is 4. The first-order chi connectivity index (χ1) is 12.5. The molecule has 2 N–H and O–H groups in total. The molecular formula is C18H14FN3O4.